The highest BCUT2D eigenvalue weighted by atomic mass is 32.1. The fourth-order valence-electron chi connectivity index (χ4n) is 3.18. The highest BCUT2D eigenvalue weighted by Crippen LogP contribution is 2.23. The maximum Gasteiger partial charge on any atom is 0.251 e. The van der Waals surface area contributed by atoms with E-state index < -0.39 is 0 Å². The van der Waals surface area contributed by atoms with E-state index in [1.807, 2.05) is 36.4 Å². The highest BCUT2D eigenvalue weighted by molar-refractivity contribution is 7.06. The molecular formula is C20H18FN3OS. The van der Waals surface area contributed by atoms with Crippen molar-refractivity contribution < 1.29 is 9.18 Å². The molecule has 2 heterocycles. The van der Waals surface area contributed by atoms with E-state index in [0.717, 1.165) is 28.2 Å². The van der Waals surface area contributed by atoms with Gasteiger partial charge in [-0.25, -0.2) is 4.39 Å². The SMILES string of the molecule is O=C(NCc1cc(-c2ccccc2)ns1)c1ccc(F)c2c1CCNC2. The van der Waals surface area contributed by atoms with E-state index in [-0.39, 0.29) is 11.7 Å². The second kappa shape index (κ2) is 7.35. The van der Waals surface area contributed by atoms with Crippen LogP contribution in [0, 0.1) is 5.82 Å². The molecule has 0 aliphatic carbocycles. The van der Waals surface area contributed by atoms with Crippen molar-refractivity contribution in [3.05, 3.63) is 75.9 Å². The van der Waals surface area contributed by atoms with Gasteiger partial charge in [-0.05, 0) is 48.3 Å². The van der Waals surface area contributed by atoms with Crippen molar-refractivity contribution in [3.8, 4) is 11.3 Å². The van der Waals surface area contributed by atoms with Gasteiger partial charge in [-0.2, -0.15) is 4.37 Å². The zero-order valence-electron chi connectivity index (χ0n) is 14.1. The Morgan fingerprint density at radius 2 is 2.04 bits per heavy atom. The lowest BCUT2D eigenvalue weighted by atomic mass is 9.94. The zero-order chi connectivity index (χ0) is 17.9. The predicted molar refractivity (Wildman–Crippen MR) is 101 cm³/mol. The second-order valence-corrected chi connectivity index (χ2v) is 7.10. The fraction of sp³-hybridized carbons (Fsp3) is 0.200. The van der Waals surface area contributed by atoms with Gasteiger partial charge in [0.15, 0.2) is 0 Å². The third kappa shape index (κ3) is 3.38. The molecule has 0 saturated heterocycles. The average Bonchev–Trinajstić information content (AvgIpc) is 3.16. The van der Waals surface area contributed by atoms with Crippen molar-refractivity contribution in [3.63, 3.8) is 0 Å². The standard InChI is InChI=1S/C20H18FN3OS/c21-18-7-6-16(15-8-9-22-12-17(15)18)20(25)23-11-14-10-19(24-26-14)13-4-2-1-3-5-13/h1-7,10,22H,8-9,11-12H2,(H,23,25). The van der Waals surface area contributed by atoms with E-state index >= 15 is 0 Å². The summed E-state index contributed by atoms with van der Waals surface area (Å²) in [5.74, 6) is -0.420. The van der Waals surface area contributed by atoms with Crippen LogP contribution in [0.25, 0.3) is 11.3 Å². The molecule has 6 heteroatoms. The summed E-state index contributed by atoms with van der Waals surface area (Å²) in [6, 6.07) is 14.9. The molecule has 132 valence electrons. The molecule has 1 aliphatic rings. The number of hydrogen-bond donors (Lipinski definition) is 2. The smallest absolute Gasteiger partial charge is 0.251 e. The van der Waals surface area contributed by atoms with Crippen molar-refractivity contribution in [1.29, 1.82) is 0 Å². The van der Waals surface area contributed by atoms with Crippen LogP contribution in [-0.4, -0.2) is 16.8 Å². The number of aromatic nitrogens is 1. The van der Waals surface area contributed by atoms with Crippen LogP contribution in [0.3, 0.4) is 0 Å². The number of nitrogens with zero attached hydrogens (tertiary/aromatic N) is 1. The van der Waals surface area contributed by atoms with Crippen molar-refractivity contribution in [1.82, 2.24) is 15.0 Å². The van der Waals surface area contributed by atoms with Gasteiger partial charge in [0.25, 0.3) is 5.91 Å². The molecule has 3 aromatic rings. The first-order valence-electron chi connectivity index (χ1n) is 8.52. The lowest BCUT2D eigenvalue weighted by Gasteiger charge is -2.20. The second-order valence-electron chi connectivity index (χ2n) is 6.21. The largest absolute Gasteiger partial charge is 0.347 e. The van der Waals surface area contributed by atoms with Crippen LogP contribution in [-0.2, 0) is 19.5 Å². The van der Waals surface area contributed by atoms with Gasteiger partial charge >= 0.3 is 0 Å². The minimum absolute atomic E-state index is 0.169. The third-order valence-corrected chi connectivity index (χ3v) is 5.31. The van der Waals surface area contributed by atoms with E-state index in [4.69, 9.17) is 0 Å². The van der Waals surface area contributed by atoms with E-state index in [2.05, 4.69) is 15.0 Å². The quantitative estimate of drug-likeness (QED) is 0.742. The summed E-state index contributed by atoms with van der Waals surface area (Å²) in [4.78, 5) is 13.6. The minimum Gasteiger partial charge on any atom is -0.347 e. The number of nitrogens with one attached hydrogen (secondary N) is 2. The molecule has 2 aromatic carbocycles. The molecule has 4 nitrogen and oxygen atoms in total. The Bertz CT molecular complexity index is 939. The number of rotatable bonds is 4. The topological polar surface area (TPSA) is 54.0 Å². The van der Waals surface area contributed by atoms with E-state index in [0.29, 0.717) is 30.6 Å². The van der Waals surface area contributed by atoms with Crippen LogP contribution in [0.1, 0.15) is 26.4 Å². The van der Waals surface area contributed by atoms with Gasteiger partial charge in [0.1, 0.15) is 5.82 Å². The Morgan fingerprint density at radius 3 is 2.88 bits per heavy atom. The molecule has 1 amide bonds. The molecule has 26 heavy (non-hydrogen) atoms. The number of fused-ring (bicyclic) bond motifs is 1. The molecule has 0 fully saturated rings. The Morgan fingerprint density at radius 1 is 1.19 bits per heavy atom. The molecule has 0 radical (unpaired) electrons. The maximum absolute atomic E-state index is 14.0. The van der Waals surface area contributed by atoms with Crippen molar-refractivity contribution >= 4 is 17.4 Å². The number of amides is 1. The summed E-state index contributed by atoms with van der Waals surface area (Å²) in [7, 11) is 0. The average molecular weight is 367 g/mol. The zero-order valence-corrected chi connectivity index (χ0v) is 14.9. The van der Waals surface area contributed by atoms with Crippen molar-refractivity contribution in [2.75, 3.05) is 6.54 Å². The molecule has 0 saturated carbocycles. The maximum atomic E-state index is 14.0. The van der Waals surface area contributed by atoms with Gasteiger partial charge in [-0.15, -0.1) is 0 Å². The molecule has 2 N–H and O–H groups in total. The summed E-state index contributed by atoms with van der Waals surface area (Å²) in [6.07, 6.45) is 0.661. The lowest BCUT2D eigenvalue weighted by molar-refractivity contribution is 0.0950. The highest BCUT2D eigenvalue weighted by Gasteiger charge is 2.20. The predicted octanol–water partition coefficient (Wildman–Crippen LogP) is 3.52. The number of hydrogen-bond acceptors (Lipinski definition) is 4. The van der Waals surface area contributed by atoms with Gasteiger partial charge in [-0.1, -0.05) is 30.3 Å². The van der Waals surface area contributed by atoms with Gasteiger partial charge in [0.2, 0.25) is 0 Å². The van der Waals surface area contributed by atoms with Crippen LogP contribution in [0.15, 0.2) is 48.5 Å². The normalized spacial score (nSPS) is 13.3. The molecule has 0 bridgehead atoms. The van der Waals surface area contributed by atoms with Crippen LogP contribution < -0.4 is 10.6 Å². The first kappa shape index (κ1) is 16.9. The fourth-order valence-corrected chi connectivity index (χ4v) is 3.86. The van der Waals surface area contributed by atoms with Gasteiger partial charge in [0.05, 0.1) is 12.2 Å². The van der Waals surface area contributed by atoms with Crippen LogP contribution in [0.2, 0.25) is 0 Å². The molecule has 0 spiro atoms. The Balaban J connectivity index is 1.48. The molecule has 1 aromatic heterocycles. The lowest BCUT2D eigenvalue weighted by Crippen LogP contribution is -2.30. The van der Waals surface area contributed by atoms with Gasteiger partial charge < -0.3 is 10.6 Å². The summed E-state index contributed by atoms with van der Waals surface area (Å²) in [5, 5.41) is 6.08. The third-order valence-electron chi connectivity index (χ3n) is 4.52. The Kier molecular flexibility index (Phi) is 4.77. The van der Waals surface area contributed by atoms with Gasteiger partial charge in [0, 0.05) is 28.1 Å². The first-order valence-corrected chi connectivity index (χ1v) is 9.30. The van der Waals surface area contributed by atoms with Crippen LogP contribution >= 0.6 is 11.5 Å². The number of halogens is 1. The van der Waals surface area contributed by atoms with Crippen LogP contribution in [0.5, 0.6) is 0 Å². The van der Waals surface area contributed by atoms with E-state index in [1.54, 1.807) is 6.07 Å². The summed E-state index contributed by atoms with van der Waals surface area (Å²) < 4.78 is 18.4. The van der Waals surface area contributed by atoms with E-state index in [9.17, 15) is 9.18 Å². The number of carbonyl (C=O) groups excluding carboxylic acids is 1. The molecular weight excluding hydrogens is 349 g/mol. The first-order chi connectivity index (χ1) is 12.7. The Hall–Kier alpha value is -2.57. The summed E-state index contributed by atoms with van der Waals surface area (Å²) in [6.45, 7) is 1.64. The molecule has 4 rings (SSSR count). The van der Waals surface area contributed by atoms with Crippen LogP contribution in [0.4, 0.5) is 4.39 Å². The van der Waals surface area contributed by atoms with E-state index in [1.165, 1.54) is 17.6 Å². The number of carbonyl (C=O) groups is 1. The monoisotopic (exact) mass is 367 g/mol. The van der Waals surface area contributed by atoms with Crippen molar-refractivity contribution in [2.24, 2.45) is 0 Å². The number of benzene rings is 2. The van der Waals surface area contributed by atoms with Gasteiger partial charge in [-0.3, -0.25) is 4.79 Å². The molecule has 0 unspecified atom stereocenters. The minimum atomic E-state index is -0.251. The summed E-state index contributed by atoms with van der Waals surface area (Å²) >= 11 is 1.38. The Labute approximate surface area is 155 Å². The molecule has 1 aliphatic heterocycles. The van der Waals surface area contributed by atoms with Crippen molar-refractivity contribution in [2.45, 2.75) is 19.5 Å². The molecule has 0 atom stereocenters. The summed E-state index contributed by atoms with van der Waals surface area (Å²) in [5.41, 5.74) is 3.95.